The molecule has 1 aromatic rings. The molecule has 1 atom stereocenters. The molecule has 3 nitrogen and oxygen atoms in total. The lowest BCUT2D eigenvalue weighted by Gasteiger charge is -2.17. The van der Waals surface area contributed by atoms with Gasteiger partial charge in [-0.05, 0) is 24.0 Å². The van der Waals surface area contributed by atoms with Crippen molar-refractivity contribution in [3.05, 3.63) is 35.4 Å². The molecular weight excluding hydrogens is 285 g/mol. The maximum atomic E-state index is 11.1. The van der Waals surface area contributed by atoms with Crippen molar-refractivity contribution >= 4 is 30.8 Å². The second-order valence-electron chi connectivity index (χ2n) is 4.59. The maximum absolute atomic E-state index is 11.1. The lowest BCUT2D eigenvalue weighted by atomic mass is 10.0. The number of carboxylic acid groups (broad SMARTS) is 1. The van der Waals surface area contributed by atoms with E-state index in [0.717, 1.165) is 12.0 Å². The number of rotatable bonds is 6. The molecule has 0 aromatic heterocycles. The Kier molecular flexibility index (Phi) is 10.9. The zero-order valence-electron chi connectivity index (χ0n) is 11.6. The fourth-order valence-electron chi connectivity index (χ4n) is 1.77. The smallest absolute Gasteiger partial charge is 0.321 e. The molecule has 0 radical (unpaired) electrons. The molecule has 1 aromatic carbocycles. The number of benzene rings is 1. The van der Waals surface area contributed by atoms with Gasteiger partial charge in [0, 0.05) is 6.04 Å². The second-order valence-corrected chi connectivity index (χ2v) is 4.59. The van der Waals surface area contributed by atoms with Gasteiger partial charge in [0.15, 0.2) is 0 Å². The predicted molar refractivity (Wildman–Crippen MR) is 83.7 cm³/mol. The quantitative estimate of drug-likeness (QED) is 0.849. The molecular formula is C14H23Cl2NO2. The number of aryl methyl sites for hydroxylation is 1. The van der Waals surface area contributed by atoms with Gasteiger partial charge >= 0.3 is 5.97 Å². The van der Waals surface area contributed by atoms with Crippen LogP contribution in [-0.4, -0.2) is 23.2 Å². The summed E-state index contributed by atoms with van der Waals surface area (Å²) in [5.74, 6) is -0.793. The van der Waals surface area contributed by atoms with Gasteiger partial charge in [-0.3, -0.25) is 4.79 Å². The monoisotopic (exact) mass is 307 g/mol. The van der Waals surface area contributed by atoms with Crippen molar-refractivity contribution in [3.8, 4) is 0 Å². The summed E-state index contributed by atoms with van der Waals surface area (Å²) in [5.41, 5.74) is 2.33. The van der Waals surface area contributed by atoms with Gasteiger partial charge in [-0.15, -0.1) is 24.8 Å². The fourth-order valence-corrected chi connectivity index (χ4v) is 1.77. The first-order valence-corrected chi connectivity index (χ1v) is 6.09. The SMILES string of the molecule is CCc1ccc(C[C@H](NC(C)C)C(=O)O)cc1.Cl.Cl. The van der Waals surface area contributed by atoms with Crippen molar-refractivity contribution in [1.82, 2.24) is 5.32 Å². The van der Waals surface area contributed by atoms with E-state index in [1.807, 2.05) is 26.0 Å². The fraction of sp³-hybridized carbons (Fsp3) is 0.500. The Morgan fingerprint density at radius 1 is 1.16 bits per heavy atom. The largest absolute Gasteiger partial charge is 0.480 e. The number of carboxylic acids is 1. The molecule has 110 valence electrons. The van der Waals surface area contributed by atoms with Crippen LogP contribution in [0.4, 0.5) is 0 Å². The van der Waals surface area contributed by atoms with Crippen molar-refractivity contribution < 1.29 is 9.90 Å². The van der Waals surface area contributed by atoms with Crippen molar-refractivity contribution in [1.29, 1.82) is 0 Å². The van der Waals surface area contributed by atoms with Crippen LogP contribution in [0.5, 0.6) is 0 Å². The van der Waals surface area contributed by atoms with Gasteiger partial charge in [0.1, 0.15) is 6.04 Å². The van der Waals surface area contributed by atoms with Crippen LogP contribution in [0.15, 0.2) is 24.3 Å². The lowest BCUT2D eigenvalue weighted by molar-refractivity contribution is -0.139. The van der Waals surface area contributed by atoms with Gasteiger partial charge in [0.05, 0.1) is 0 Å². The molecule has 0 amide bonds. The Morgan fingerprint density at radius 2 is 1.63 bits per heavy atom. The summed E-state index contributed by atoms with van der Waals surface area (Å²) in [6, 6.07) is 7.80. The topological polar surface area (TPSA) is 49.3 Å². The first kappa shape index (κ1) is 20.5. The average Bonchev–Trinajstić information content (AvgIpc) is 2.28. The van der Waals surface area contributed by atoms with Crippen molar-refractivity contribution in [2.75, 3.05) is 0 Å². The van der Waals surface area contributed by atoms with E-state index in [-0.39, 0.29) is 30.9 Å². The molecule has 0 fully saturated rings. The van der Waals surface area contributed by atoms with Gasteiger partial charge in [-0.25, -0.2) is 0 Å². The maximum Gasteiger partial charge on any atom is 0.321 e. The normalized spacial score (nSPS) is 11.4. The van der Waals surface area contributed by atoms with Gasteiger partial charge in [-0.2, -0.15) is 0 Å². The van der Waals surface area contributed by atoms with E-state index in [9.17, 15) is 4.79 Å². The Balaban J connectivity index is 0. The molecule has 19 heavy (non-hydrogen) atoms. The third-order valence-electron chi connectivity index (χ3n) is 2.70. The van der Waals surface area contributed by atoms with Crippen LogP contribution in [0.2, 0.25) is 0 Å². The summed E-state index contributed by atoms with van der Waals surface area (Å²) in [7, 11) is 0. The van der Waals surface area contributed by atoms with Crippen molar-refractivity contribution in [2.24, 2.45) is 0 Å². The molecule has 1 rings (SSSR count). The number of aliphatic carboxylic acids is 1. The Labute approximate surface area is 127 Å². The Bertz CT molecular complexity index is 366. The molecule has 0 aliphatic carbocycles. The van der Waals surface area contributed by atoms with E-state index in [4.69, 9.17) is 5.11 Å². The van der Waals surface area contributed by atoms with Crippen LogP contribution in [0.1, 0.15) is 31.9 Å². The zero-order valence-corrected chi connectivity index (χ0v) is 13.2. The molecule has 2 N–H and O–H groups in total. The highest BCUT2D eigenvalue weighted by molar-refractivity contribution is 5.85. The summed E-state index contributed by atoms with van der Waals surface area (Å²) >= 11 is 0. The van der Waals surface area contributed by atoms with E-state index in [2.05, 4.69) is 24.4 Å². The van der Waals surface area contributed by atoms with Crippen molar-refractivity contribution in [3.63, 3.8) is 0 Å². The number of nitrogens with one attached hydrogen (secondary N) is 1. The number of hydrogen-bond donors (Lipinski definition) is 2. The van der Waals surface area contributed by atoms with E-state index < -0.39 is 12.0 Å². The molecule has 0 saturated heterocycles. The predicted octanol–water partition coefficient (Wildman–Crippen LogP) is 3.09. The summed E-state index contributed by atoms with van der Waals surface area (Å²) in [6.45, 7) is 6.02. The van der Waals surface area contributed by atoms with E-state index >= 15 is 0 Å². The molecule has 0 aliphatic heterocycles. The van der Waals surface area contributed by atoms with Crippen LogP contribution < -0.4 is 5.32 Å². The molecule has 0 spiro atoms. The first-order valence-electron chi connectivity index (χ1n) is 6.09. The van der Waals surface area contributed by atoms with Crippen LogP contribution in [-0.2, 0) is 17.6 Å². The standard InChI is InChI=1S/C14H21NO2.2ClH/c1-4-11-5-7-12(8-6-11)9-13(14(16)17)15-10(2)3;;/h5-8,10,13,15H,4,9H2,1-3H3,(H,16,17);2*1H/t13-;;/m0../s1. The molecule has 0 aliphatic rings. The third-order valence-corrected chi connectivity index (χ3v) is 2.70. The molecule has 0 heterocycles. The minimum absolute atomic E-state index is 0. The summed E-state index contributed by atoms with van der Waals surface area (Å²) < 4.78 is 0. The first-order chi connectivity index (χ1) is 8.02. The molecule has 0 unspecified atom stereocenters. The minimum atomic E-state index is -0.793. The summed E-state index contributed by atoms with van der Waals surface area (Å²) in [6.07, 6.45) is 1.53. The van der Waals surface area contributed by atoms with Crippen molar-refractivity contribution in [2.45, 2.75) is 45.7 Å². The van der Waals surface area contributed by atoms with E-state index in [1.54, 1.807) is 0 Å². The third kappa shape index (κ3) is 7.41. The zero-order chi connectivity index (χ0) is 12.8. The highest BCUT2D eigenvalue weighted by atomic mass is 35.5. The Morgan fingerprint density at radius 3 is 2.00 bits per heavy atom. The van der Waals surface area contributed by atoms with Gasteiger partial charge < -0.3 is 10.4 Å². The number of carbonyl (C=O) groups is 1. The minimum Gasteiger partial charge on any atom is -0.480 e. The van der Waals surface area contributed by atoms with Crippen LogP contribution in [0.3, 0.4) is 0 Å². The van der Waals surface area contributed by atoms with Gasteiger partial charge in [0.25, 0.3) is 0 Å². The second kappa shape index (κ2) is 10.1. The Hall–Kier alpha value is -0.770. The highest BCUT2D eigenvalue weighted by Gasteiger charge is 2.18. The van der Waals surface area contributed by atoms with Crippen LogP contribution in [0, 0.1) is 0 Å². The molecule has 0 saturated carbocycles. The van der Waals surface area contributed by atoms with E-state index in [0.29, 0.717) is 6.42 Å². The average molecular weight is 308 g/mol. The highest BCUT2D eigenvalue weighted by Crippen LogP contribution is 2.08. The van der Waals surface area contributed by atoms with Gasteiger partial charge in [-0.1, -0.05) is 45.0 Å². The molecule has 5 heteroatoms. The number of halogens is 2. The van der Waals surface area contributed by atoms with Crippen LogP contribution in [0.25, 0.3) is 0 Å². The van der Waals surface area contributed by atoms with Gasteiger partial charge in [0.2, 0.25) is 0 Å². The van der Waals surface area contributed by atoms with Crippen LogP contribution >= 0.6 is 24.8 Å². The summed E-state index contributed by atoms with van der Waals surface area (Å²) in [5, 5.41) is 12.2. The summed E-state index contributed by atoms with van der Waals surface area (Å²) in [4.78, 5) is 11.1. The lowest BCUT2D eigenvalue weighted by Crippen LogP contribution is -2.42. The molecule has 0 bridgehead atoms. The number of hydrogen-bond acceptors (Lipinski definition) is 2. The van der Waals surface area contributed by atoms with E-state index in [1.165, 1.54) is 5.56 Å².